The van der Waals surface area contributed by atoms with Gasteiger partial charge in [0.1, 0.15) is 5.75 Å². The fraction of sp³-hybridized carbons (Fsp3) is 0.300. The summed E-state index contributed by atoms with van der Waals surface area (Å²) >= 11 is 0. The van der Waals surface area contributed by atoms with Gasteiger partial charge in [-0.25, -0.2) is 4.90 Å². The van der Waals surface area contributed by atoms with E-state index in [2.05, 4.69) is 17.0 Å². The van der Waals surface area contributed by atoms with Crippen molar-refractivity contribution in [1.82, 2.24) is 4.90 Å². The number of nitrogens with zero attached hydrogens (tertiary/aromatic N) is 2. The van der Waals surface area contributed by atoms with E-state index in [1.165, 1.54) is 16.0 Å². The van der Waals surface area contributed by atoms with E-state index < -0.39 is 0 Å². The maximum Gasteiger partial charge on any atom is 0.251 e. The Hall–Kier alpha value is -2.66. The van der Waals surface area contributed by atoms with Crippen molar-refractivity contribution in [2.75, 3.05) is 18.6 Å². The quantitative estimate of drug-likeness (QED) is 0.808. The molecule has 0 bridgehead atoms. The third kappa shape index (κ3) is 2.81. The van der Waals surface area contributed by atoms with Crippen molar-refractivity contribution in [3.05, 3.63) is 59.7 Å². The topological polar surface area (TPSA) is 49.9 Å². The molecule has 1 fully saturated rings. The summed E-state index contributed by atoms with van der Waals surface area (Å²) in [5, 5.41) is 0. The summed E-state index contributed by atoms with van der Waals surface area (Å²) < 4.78 is 5.14. The first-order chi connectivity index (χ1) is 12.2. The lowest BCUT2D eigenvalue weighted by Crippen LogP contribution is -2.44. The van der Waals surface area contributed by atoms with Gasteiger partial charge >= 0.3 is 0 Å². The summed E-state index contributed by atoms with van der Waals surface area (Å²) in [6.45, 7) is 1.52. The summed E-state index contributed by atoms with van der Waals surface area (Å²) in [4.78, 5) is 28.8. The van der Waals surface area contributed by atoms with Crippen LogP contribution in [0.2, 0.25) is 0 Å². The van der Waals surface area contributed by atoms with Gasteiger partial charge in [-0.15, -0.1) is 0 Å². The number of rotatable bonds is 3. The zero-order chi connectivity index (χ0) is 17.4. The van der Waals surface area contributed by atoms with Crippen molar-refractivity contribution >= 4 is 17.5 Å². The van der Waals surface area contributed by atoms with Crippen LogP contribution in [0.4, 0.5) is 5.69 Å². The molecule has 0 spiro atoms. The SMILES string of the molecule is COc1ccc(N2C(=O)C[C@@H](N3CCc4ccccc4C3)C2=O)cc1. The number of anilines is 1. The second-order valence-electron chi connectivity index (χ2n) is 6.47. The van der Waals surface area contributed by atoms with Gasteiger partial charge < -0.3 is 4.74 Å². The molecule has 2 amide bonds. The summed E-state index contributed by atoms with van der Waals surface area (Å²) in [5.74, 6) is 0.431. The van der Waals surface area contributed by atoms with Crippen LogP contribution in [0.3, 0.4) is 0 Å². The van der Waals surface area contributed by atoms with Crippen LogP contribution in [0.15, 0.2) is 48.5 Å². The third-order valence-corrected chi connectivity index (χ3v) is 5.05. The van der Waals surface area contributed by atoms with Gasteiger partial charge in [0, 0.05) is 13.1 Å². The van der Waals surface area contributed by atoms with Crippen LogP contribution in [0.25, 0.3) is 0 Å². The average molecular weight is 336 g/mol. The first-order valence-corrected chi connectivity index (χ1v) is 8.49. The highest BCUT2D eigenvalue weighted by atomic mass is 16.5. The highest BCUT2D eigenvalue weighted by Gasteiger charge is 2.43. The maximum absolute atomic E-state index is 12.9. The van der Waals surface area contributed by atoms with E-state index >= 15 is 0 Å². The molecule has 0 aromatic heterocycles. The van der Waals surface area contributed by atoms with Gasteiger partial charge in [0.05, 0.1) is 25.3 Å². The van der Waals surface area contributed by atoms with Crippen molar-refractivity contribution in [2.24, 2.45) is 0 Å². The van der Waals surface area contributed by atoms with E-state index in [0.717, 1.165) is 19.5 Å². The Balaban J connectivity index is 1.55. The number of benzene rings is 2. The van der Waals surface area contributed by atoms with Gasteiger partial charge in [0.25, 0.3) is 5.91 Å². The molecule has 1 saturated heterocycles. The number of carbonyl (C=O) groups excluding carboxylic acids is 2. The lowest BCUT2D eigenvalue weighted by atomic mass is 9.98. The van der Waals surface area contributed by atoms with Crippen molar-refractivity contribution in [1.29, 1.82) is 0 Å². The molecule has 2 aromatic carbocycles. The summed E-state index contributed by atoms with van der Waals surface area (Å²) in [7, 11) is 1.59. The molecule has 25 heavy (non-hydrogen) atoms. The molecule has 0 N–H and O–H groups in total. The Bertz CT molecular complexity index is 816. The van der Waals surface area contributed by atoms with Crippen molar-refractivity contribution in [3.8, 4) is 5.75 Å². The zero-order valence-electron chi connectivity index (χ0n) is 14.1. The van der Waals surface area contributed by atoms with Crippen LogP contribution in [-0.4, -0.2) is 36.4 Å². The highest BCUT2D eigenvalue weighted by Crippen LogP contribution is 2.30. The average Bonchev–Trinajstić information content (AvgIpc) is 2.96. The Morgan fingerprint density at radius 3 is 2.44 bits per heavy atom. The normalized spacial score (nSPS) is 20.7. The van der Waals surface area contributed by atoms with E-state index in [1.807, 2.05) is 12.1 Å². The van der Waals surface area contributed by atoms with E-state index in [1.54, 1.807) is 31.4 Å². The smallest absolute Gasteiger partial charge is 0.251 e. The van der Waals surface area contributed by atoms with Crippen LogP contribution in [0.5, 0.6) is 5.75 Å². The summed E-state index contributed by atoms with van der Waals surface area (Å²) in [6, 6.07) is 15.0. The van der Waals surface area contributed by atoms with Crippen molar-refractivity contribution in [3.63, 3.8) is 0 Å². The predicted octanol–water partition coefficient (Wildman–Crippen LogP) is 2.39. The van der Waals surface area contributed by atoms with Gasteiger partial charge in [-0.05, 0) is 41.8 Å². The Morgan fingerprint density at radius 2 is 1.72 bits per heavy atom. The van der Waals surface area contributed by atoms with Crippen LogP contribution in [0.1, 0.15) is 17.5 Å². The molecular formula is C20H20N2O3. The van der Waals surface area contributed by atoms with E-state index in [9.17, 15) is 9.59 Å². The minimum atomic E-state index is -0.372. The van der Waals surface area contributed by atoms with Crippen LogP contribution < -0.4 is 9.64 Å². The first kappa shape index (κ1) is 15.8. The zero-order valence-corrected chi connectivity index (χ0v) is 14.1. The predicted molar refractivity (Wildman–Crippen MR) is 94.4 cm³/mol. The molecule has 0 saturated carbocycles. The summed E-state index contributed by atoms with van der Waals surface area (Å²) in [5.41, 5.74) is 3.19. The molecule has 0 radical (unpaired) electrons. The van der Waals surface area contributed by atoms with Crippen LogP contribution >= 0.6 is 0 Å². The molecule has 128 valence electrons. The molecule has 2 aliphatic rings. The fourth-order valence-corrected chi connectivity index (χ4v) is 3.69. The first-order valence-electron chi connectivity index (χ1n) is 8.49. The van der Waals surface area contributed by atoms with Crippen molar-refractivity contribution < 1.29 is 14.3 Å². The standard InChI is InChI=1S/C20H20N2O3/c1-25-17-8-6-16(7-9-17)22-19(23)12-18(20(22)24)21-11-10-14-4-2-3-5-15(14)13-21/h2-9,18H,10-13H2,1H3/t18-/m1/s1. The highest BCUT2D eigenvalue weighted by molar-refractivity contribution is 6.22. The summed E-state index contributed by atoms with van der Waals surface area (Å²) in [6.07, 6.45) is 1.16. The van der Waals surface area contributed by atoms with Crippen molar-refractivity contribution in [2.45, 2.75) is 25.4 Å². The van der Waals surface area contributed by atoms with E-state index in [4.69, 9.17) is 4.74 Å². The minimum absolute atomic E-state index is 0.130. The molecule has 2 heterocycles. The number of ether oxygens (including phenoxy) is 1. The minimum Gasteiger partial charge on any atom is -0.497 e. The third-order valence-electron chi connectivity index (χ3n) is 5.05. The second kappa shape index (κ2) is 6.33. The molecular weight excluding hydrogens is 316 g/mol. The van der Waals surface area contributed by atoms with Gasteiger partial charge in [-0.1, -0.05) is 24.3 Å². The molecule has 5 nitrogen and oxygen atoms in total. The second-order valence-corrected chi connectivity index (χ2v) is 6.47. The number of imide groups is 1. The monoisotopic (exact) mass is 336 g/mol. The molecule has 2 aromatic rings. The lowest BCUT2D eigenvalue weighted by Gasteiger charge is -2.32. The number of hydrogen-bond acceptors (Lipinski definition) is 4. The van der Waals surface area contributed by atoms with Gasteiger partial charge in [0.15, 0.2) is 0 Å². The maximum atomic E-state index is 12.9. The molecule has 1 atom stereocenters. The Morgan fingerprint density at radius 1 is 1.00 bits per heavy atom. The number of fused-ring (bicyclic) bond motifs is 1. The van der Waals surface area contributed by atoms with Gasteiger partial charge in [0.2, 0.25) is 5.91 Å². The van der Waals surface area contributed by atoms with E-state index in [0.29, 0.717) is 11.4 Å². The molecule has 2 aliphatic heterocycles. The Kier molecular flexibility index (Phi) is 4.01. The molecule has 0 aliphatic carbocycles. The lowest BCUT2D eigenvalue weighted by molar-refractivity contribution is -0.123. The van der Waals surface area contributed by atoms with Crippen LogP contribution in [0, 0.1) is 0 Å². The van der Waals surface area contributed by atoms with Gasteiger partial charge in [-0.3, -0.25) is 14.5 Å². The number of carbonyl (C=O) groups is 2. The van der Waals surface area contributed by atoms with E-state index in [-0.39, 0.29) is 24.3 Å². The Labute approximate surface area is 146 Å². The van der Waals surface area contributed by atoms with Crippen LogP contribution in [-0.2, 0) is 22.6 Å². The molecule has 0 unspecified atom stereocenters. The fourth-order valence-electron chi connectivity index (χ4n) is 3.69. The number of amides is 2. The largest absolute Gasteiger partial charge is 0.497 e. The number of hydrogen-bond donors (Lipinski definition) is 0. The molecule has 4 rings (SSSR count). The number of methoxy groups -OCH3 is 1. The molecule has 5 heteroatoms. The van der Waals surface area contributed by atoms with Gasteiger partial charge in [-0.2, -0.15) is 0 Å².